The fourth-order valence-electron chi connectivity index (χ4n) is 6.10. The third-order valence-corrected chi connectivity index (χ3v) is 9.69. The zero-order chi connectivity index (χ0) is 34.4. The van der Waals surface area contributed by atoms with Gasteiger partial charge in [-0.1, -0.05) is 30.3 Å². The summed E-state index contributed by atoms with van der Waals surface area (Å²) in [6.45, 7) is 4.66. The van der Waals surface area contributed by atoms with Crippen molar-refractivity contribution in [2.75, 3.05) is 0 Å². The van der Waals surface area contributed by atoms with Gasteiger partial charge in [-0.2, -0.15) is 0 Å². The van der Waals surface area contributed by atoms with E-state index in [1.54, 1.807) is 51.1 Å². The number of carbonyl (C=O) groups excluding carboxylic acids is 5. The highest BCUT2D eigenvalue weighted by Crippen LogP contribution is 2.44. The van der Waals surface area contributed by atoms with Gasteiger partial charge in [0.05, 0.1) is 24.2 Å². The molecular weight excluding hydrogens is 628 g/mol. The van der Waals surface area contributed by atoms with Crippen LogP contribution in [-0.2, 0) is 35.3 Å². The van der Waals surface area contributed by atoms with Gasteiger partial charge in [0.25, 0.3) is 17.7 Å². The van der Waals surface area contributed by atoms with E-state index in [0.29, 0.717) is 5.56 Å². The maximum atomic E-state index is 15.8. The van der Waals surface area contributed by atoms with Gasteiger partial charge in [0.1, 0.15) is 12.2 Å². The van der Waals surface area contributed by atoms with Crippen molar-refractivity contribution in [3.63, 3.8) is 0 Å². The summed E-state index contributed by atoms with van der Waals surface area (Å²) in [4.78, 5) is 63.3. The predicted molar refractivity (Wildman–Crippen MR) is 157 cm³/mol. The van der Waals surface area contributed by atoms with Crippen LogP contribution in [0.3, 0.4) is 0 Å². The predicted octanol–water partition coefficient (Wildman–Crippen LogP) is 3.09. The fourth-order valence-corrected chi connectivity index (χ4v) is 6.10. The normalized spacial score (nSPS) is 35.7. The number of nitrogens with one attached hydrogen (secondary N) is 4. The van der Waals surface area contributed by atoms with Gasteiger partial charge >= 0.3 is 12.1 Å². The Morgan fingerprint density at radius 2 is 1.04 bits per heavy atom. The molecule has 0 spiro atoms. The second-order valence-corrected chi connectivity index (χ2v) is 13.9. The molecule has 0 unspecified atom stereocenters. The molecule has 0 heterocycles. The Bertz CT molecular complexity index is 1430. The van der Waals surface area contributed by atoms with Gasteiger partial charge in [-0.05, 0) is 77.7 Å². The SMILES string of the molecule is CC(C)(C)OC(=O)N[C@@H]1CC[C@]1(F)C(=O)N[C@@H]1CC[C@]1(F)C(=O)N[C@@H]1CC[C@]1(F)C(=O)N[C@@H]1CC[C@]1(F)C(=O)OCc1ccccc1. The van der Waals surface area contributed by atoms with Crippen LogP contribution in [0.25, 0.3) is 0 Å². The number of hydrogen-bond acceptors (Lipinski definition) is 7. The smallest absolute Gasteiger partial charge is 0.407 e. The molecule has 1 aromatic rings. The van der Waals surface area contributed by atoms with Gasteiger partial charge in [-0.3, -0.25) is 14.4 Å². The van der Waals surface area contributed by atoms with Crippen molar-refractivity contribution in [2.45, 2.75) is 131 Å². The van der Waals surface area contributed by atoms with E-state index >= 15 is 17.6 Å². The molecule has 4 aliphatic carbocycles. The van der Waals surface area contributed by atoms with Gasteiger partial charge in [-0.25, -0.2) is 27.2 Å². The third-order valence-electron chi connectivity index (χ3n) is 9.69. The standard InChI is InChI=1S/C32H40F4N4O7/c1-28(2,3)47-27(45)40-21-11-15-31(21,35)25(43)38-19-9-13-29(19,33)23(41)37-20-10-14-30(20,34)24(42)39-22-12-16-32(22,36)26(44)46-17-18-7-5-4-6-8-18/h4-8,19-22H,9-17H2,1-3H3,(H,37,41)(H,38,43)(H,39,42)(H,40,45)/t19-,20-,21-,22-,29-,30-,31-,32-/m1/s1. The van der Waals surface area contributed by atoms with Crippen molar-refractivity contribution in [3.8, 4) is 0 Å². The molecule has 1 aromatic carbocycles. The van der Waals surface area contributed by atoms with Gasteiger partial charge in [0, 0.05) is 0 Å². The van der Waals surface area contributed by atoms with E-state index in [-0.39, 0.29) is 58.0 Å². The second-order valence-electron chi connectivity index (χ2n) is 13.9. The highest BCUT2D eigenvalue weighted by atomic mass is 19.2. The van der Waals surface area contributed by atoms with E-state index < -0.39 is 82.2 Å². The number of alkyl carbamates (subject to hydrolysis) is 1. The molecule has 11 nitrogen and oxygen atoms in total. The molecule has 4 N–H and O–H groups in total. The van der Waals surface area contributed by atoms with Crippen LogP contribution in [0, 0.1) is 0 Å². The van der Waals surface area contributed by atoms with Gasteiger partial charge < -0.3 is 30.7 Å². The molecule has 4 aliphatic rings. The summed E-state index contributed by atoms with van der Waals surface area (Å²) >= 11 is 0. The van der Waals surface area contributed by atoms with Crippen molar-refractivity contribution in [1.82, 2.24) is 21.3 Å². The van der Waals surface area contributed by atoms with Crippen molar-refractivity contribution < 1.29 is 51.0 Å². The molecule has 258 valence electrons. The number of hydrogen-bond donors (Lipinski definition) is 4. The van der Waals surface area contributed by atoms with E-state index in [1.807, 2.05) is 0 Å². The summed E-state index contributed by atoms with van der Waals surface area (Å²) in [5.41, 5.74) is -10.7. The molecule has 15 heteroatoms. The molecule has 5 rings (SSSR count). The van der Waals surface area contributed by atoms with E-state index in [9.17, 15) is 24.0 Å². The lowest BCUT2D eigenvalue weighted by Crippen LogP contribution is -2.73. The highest BCUT2D eigenvalue weighted by molar-refractivity contribution is 5.94. The zero-order valence-electron chi connectivity index (χ0n) is 26.4. The van der Waals surface area contributed by atoms with Crippen LogP contribution < -0.4 is 21.3 Å². The molecule has 47 heavy (non-hydrogen) atoms. The summed E-state index contributed by atoms with van der Waals surface area (Å²) in [7, 11) is 0. The molecule has 8 atom stereocenters. The molecule has 4 saturated carbocycles. The van der Waals surface area contributed by atoms with Crippen LogP contribution in [0.1, 0.15) is 77.7 Å². The van der Waals surface area contributed by atoms with E-state index in [4.69, 9.17) is 9.47 Å². The largest absolute Gasteiger partial charge is 0.458 e. The maximum Gasteiger partial charge on any atom is 0.407 e. The Balaban J connectivity index is 1.12. The van der Waals surface area contributed by atoms with E-state index in [1.165, 1.54) is 0 Å². The Kier molecular flexibility index (Phi) is 8.99. The number of rotatable bonds is 10. The first-order chi connectivity index (χ1) is 21.9. The van der Waals surface area contributed by atoms with Gasteiger partial charge in [0.15, 0.2) is 0 Å². The lowest BCUT2D eigenvalue weighted by atomic mass is 9.71. The first-order valence-electron chi connectivity index (χ1n) is 15.8. The quantitative estimate of drug-likeness (QED) is 0.221. The maximum absolute atomic E-state index is 15.8. The Labute approximate surface area is 269 Å². The van der Waals surface area contributed by atoms with Crippen molar-refractivity contribution in [3.05, 3.63) is 35.9 Å². The van der Waals surface area contributed by atoms with Gasteiger partial charge in [0.2, 0.25) is 22.7 Å². The minimum Gasteiger partial charge on any atom is -0.458 e. The lowest BCUT2D eigenvalue weighted by molar-refractivity contribution is -0.171. The lowest BCUT2D eigenvalue weighted by Gasteiger charge is -2.48. The Hall–Kier alpha value is -3.91. The number of esters is 1. The number of amides is 4. The summed E-state index contributed by atoms with van der Waals surface area (Å²) in [5.74, 6) is -4.93. The average Bonchev–Trinajstić information content (AvgIpc) is 3.01. The molecule has 4 amide bonds. The minimum atomic E-state index is -2.71. The fraction of sp³-hybridized carbons (Fsp3) is 0.656. The molecule has 0 aromatic heterocycles. The van der Waals surface area contributed by atoms with Crippen molar-refractivity contribution >= 4 is 29.8 Å². The summed E-state index contributed by atoms with van der Waals surface area (Å²) in [5, 5.41) is 8.94. The summed E-state index contributed by atoms with van der Waals surface area (Å²) in [6, 6.07) is 3.11. The van der Waals surface area contributed by atoms with Crippen molar-refractivity contribution in [2.24, 2.45) is 0 Å². The first kappa shape index (κ1) is 34.4. The van der Waals surface area contributed by atoms with E-state index in [0.717, 1.165) is 0 Å². The average molecular weight is 669 g/mol. The van der Waals surface area contributed by atoms with Crippen LogP contribution >= 0.6 is 0 Å². The topological polar surface area (TPSA) is 152 Å². The minimum absolute atomic E-state index is 0.0115. The van der Waals surface area contributed by atoms with E-state index in [2.05, 4.69) is 21.3 Å². The Morgan fingerprint density at radius 3 is 1.40 bits per heavy atom. The molecule has 0 aliphatic heterocycles. The molecule has 4 fully saturated rings. The summed E-state index contributed by atoms with van der Waals surface area (Å²) in [6.07, 6.45) is -1.95. The van der Waals surface area contributed by atoms with Gasteiger partial charge in [-0.15, -0.1) is 0 Å². The van der Waals surface area contributed by atoms with Crippen LogP contribution in [-0.4, -0.2) is 82.2 Å². The number of alkyl halides is 4. The number of benzene rings is 1. The molecule has 0 radical (unpaired) electrons. The first-order valence-corrected chi connectivity index (χ1v) is 15.8. The van der Waals surface area contributed by atoms with Crippen LogP contribution in [0.2, 0.25) is 0 Å². The molecule has 0 bridgehead atoms. The third kappa shape index (κ3) is 6.49. The van der Waals surface area contributed by atoms with Crippen molar-refractivity contribution in [1.29, 1.82) is 0 Å². The zero-order valence-corrected chi connectivity index (χ0v) is 26.4. The highest BCUT2D eigenvalue weighted by Gasteiger charge is 2.63. The molecule has 0 saturated heterocycles. The molecular formula is C32H40F4N4O7. The van der Waals surface area contributed by atoms with Crippen LogP contribution in [0.15, 0.2) is 30.3 Å². The number of halogens is 4. The number of ether oxygens (including phenoxy) is 2. The monoisotopic (exact) mass is 668 g/mol. The summed E-state index contributed by atoms with van der Waals surface area (Å²) < 4.78 is 72.7. The Morgan fingerprint density at radius 1 is 0.660 bits per heavy atom. The number of carbonyl (C=O) groups is 5. The van der Waals surface area contributed by atoms with Crippen LogP contribution in [0.5, 0.6) is 0 Å². The second kappa shape index (κ2) is 12.3. The van der Waals surface area contributed by atoms with Crippen LogP contribution in [0.4, 0.5) is 22.4 Å².